The zero-order chi connectivity index (χ0) is 15.4. The van der Waals surface area contributed by atoms with Crippen LogP contribution in [0.3, 0.4) is 0 Å². The molecule has 2 N–H and O–H groups in total. The zero-order valence-corrected chi connectivity index (χ0v) is 12.5. The number of carbonyl (C=O) groups excluding carboxylic acids is 1. The Kier molecular flexibility index (Phi) is 5.07. The Morgan fingerprint density at radius 2 is 2.19 bits per heavy atom. The fourth-order valence-electron chi connectivity index (χ4n) is 2.49. The molecule has 1 aliphatic rings. The monoisotopic (exact) mass is 311 g/mol. The lowest BCUT2D eigenvalue weighted by molar-refractivity contribution is -0.141. The van der Waals surface area contributed by atoms with Gasteiger partial charge in [0.05, 0.1) is 5.92 Å². The van der Waals surface area contributed by atoms with E-state index in [0.29, 0.717) is 30.0 Å². The van der Waals surface area contributed by atoms with Crippen LogP contribution < -0.4 is 10.1 Å². The summed E-state index contributed by atoms with van der Waals surface area (Å²) >= 11 is 5.98. The third kappa shape index (κ3) is 4.11. The molecule has 1 fully saturated rings. The number of hydrogen-bond donors (Lipinski definition) is 2. The fourth-order valence-corrected chi connectivity index (χ4v) is 2.66. The molecule has 0 unspecified atom stereocenters. The maximum Gasteiger partial charge on any atom is 0.306 e. The van der Waals surface area contributed by atoms with Crippen LogP contribution in [0.15, 0.2) is 18.2 Å². The van der Waals surface area contributed by atoms with Gasteiger partial charge in [-0.25, -0.2) is 0 Å². The average Bonchev–Trinajstić information content (AvgIpc) is 2.89. The molecule has 5 nitrogen and oxygen atoms in total. The smallest absolute Gasteiger partial charge is 0.306 e. The summed E-state index contributed by atoms with van der Waals surface area (Å²) < 4.78 is 5.45. The van der Waals surface area contributed by atoms with Crippen molar-refractivity contribution in [2.24, 2.45) is 5.92 Å². The average molecular weight is 312 g/mol. The van der Waals surface area contributed by atoms with Crippen LogP contribution in [0.25, 0.3) is 0 Å². The molecule has 0 spiro atoms. The van der Waals surface area contributed by atoms with Crippen LogP contribution in [-0.4, -0.2) is 29.6 Å². The molecule has 0 radical (unpaired) electrons. The molecule has 2 rings (SSSR count). The normalized spacial score (nSPS) is 21.0. The number of ether oxygens (including phenoxy) is 1. The quantitative estimate of drug-likeness (QED) is 0.875. The van der Waals surface area contributed by atoms with Crippen LogP contribution in [0, 0.1) is 12.8 Å². The Morgan fingerprint density at radius 1 is 1.43 bits per heavy atom. The van der Waals surface area contributed by atoms with Crippen molar-refractivity contribution in [3.8, 4) is 5.75 Å². The zero-order valence-electron chi connectivity index (χ0n) is 11.8. The molecule has 0 bridgehead atoms. The first-order chi connectivity index (χ1) is 9.97. The number of halogens is 1. The Labute approximate surface area is 128 Å². The molecule has 114 valence electrons. The molecule has 0 aliphatic heterocycles. The molecule has 6 heteroatoms. The van der Waals surface area contributed by atoms with E-state index >= 15 is 0 Å². The van der Waals surface area contributed by atoms with Gasteiger partial charge in [0.1, 0.15) is 5.75 Å². The molecule has 2 atom stereocenters. The van der Waals surface area contributed by atoms with E-state index in [9.17, 15) is 9.59 Å². The molecule has 0 heterocycles. The molecule has 1 aromatic carbocycles. The summed E-state index contributed by atoms with van der Waals surface area (Å²) in [6, 6.07) is 5.19. The van der Waals surface area contributed by atoms with E-state index in [1.807, 2.05) is 6.92 Å². The molecule has 1 aliphatic carbocycles. The van der Waals surface area contributed by atoms with Crippen molar-refractivity contribution < 1.29 is 19.4 Å². The van der Waals surface area contributed by atoms with E-state index in [0.717, 1.165) is 5.56 Å². The highest BCUT2D eigenvalue weighted by atomic mass is 35.5. The van der Waals surface area contributed by atoms with Crippen LogP contribution in [0.1, 0.15) is 24.8 Å². The van der Waals surface area contributed by atoms with Gasteiger partial charge >= 0.3 is 5.97 Å². The highest BCUT2D eigenvalue weighted by molar-refractivity contribution is 6.31. The van der Waals surface area contributed by atoms with Gasteiger partial charge in [-0.3, -0.25) is 9.59 Å². The molecule has 0 aromatic heterocycles. The van der Waals surface area contributed by atoms with E-state index in [1.165, 1.54) is 0 Å². The largest absolute Gasteiger partial charge is 0.483 e. The Balaban J connectivity index is 1.80. The summed E-state index contributed by atoms with van der Waals surface area (Å²) in [5.41, 5.74) is 0.791. The second-order valence-electron chi connectivity index (χ2n) is 5.26. The van der Waals surface area contributed by atoms with Gasteiger partial charge in [0.2, 0.25) is 0 Å². The van der Waals surface area contributed by atoms with E-state index in [1.54, 1.807) is 18.2 Å². The minimum Gasteiger partial charge on any atom is -0.483 e. The minimum absolute atomic E-state index is 0.0809. The Morgan fingerprint density at radius 3 is 2.86 bits per heavy atom. The number of carboxylic acid groups (broad SMARTS) is 1. The highest BCUT2D eigenvalue weighted by Gasteiger charge is 2.30. The first kappa shape index (κ1) is 15.6. The number of aliphatic carboxylic acids is 1. The number of nitrogens with one attached hydrogen (secondary N) is 1. The molecule has 1 amide bonds. The first-order valence-electron chi connectivity index (χ1n) is 6.87. The number of amides is 1. The van der Waals surface area contributed by atoms with Crippen LogP contribution >= 0.6 is 11.6 Å². The van der Waals surface area contributed by atoms with E-state index in [4.69, 9.17) is 21.4 Å². The summed E-state index contributed by atoms with van der Waals surface area (Å²) in [7, 11) is 0. The van der Waals surface area contributed by atoms with Crippen LogP contribution in [0.4, 0.5) is 0 Å². The van der Waals surface area contributed by atoms with Crippen molar-refractivity contribution in [3.05, 3.63) is 28.8 Å². The predicted molar refractivity (Wildman–Crippen MR) is 78.6 cm³/mol. The molecular formula is C15H18ClNO4. The van der Waals surface area contributed by atoms with Crippen molar-refractivity contribution in [1.82, 2.24) is 5.32 Å². The Bertz CT molecular complexity index is 546. The molecule has 21 heavy (non-hydrogen) atoms. The van der Waals surface area contributed by atoms with E-state index < -0.39 is 5.97 Å². The van der Waals surface area contributed by atoms with Crippen molar-refractivity contribution in [2.75, 3.05) is 6.61 Å². The lowest BCUT2D eigenvalue weighted by atomic mass is 10.1. The van der Waals surface area contributed by atoms with Crippen molar-refractivity contribution in [3.63, 3.8) is 0 Å². The van der Waals surface area contributed by atoms with Gasteiger partial charge in [-0.05, 0) is 38.3 Å². The molecule has 0 saturated heterocycles. The van der Waals surface area contributed by atoms with Gasteiger partial charge in [0.15, 0.2) is 6.61 Å². The van der Waals surface area contributed by atoms with Gasteiger partial charge < -0.3 is 15.2 Å². The van der Waals surface area contributed by atoms with Gasteiger partial charge in [0, 0.05) is 16.6 Å². The lowest BCUT2D eigenvalue weighted by Gasteiger charge is -2.14. The SMILES string of the molecule is Cc1c(Cl)cccc1OCC(=O)N[C@@H]1CC[C@H](C(=O)O)C1. The minimum atomic E-state index is -0.794. The summed E-state index contributed by atoms with van der Waals surface area (Å²) in [6.07, 6.45) is 1.78. The number of hydrogen-bond acceptors (Lipinski definition) is 3. The highest BCUT2D eigenvalue weighted by Crippen LogP contribution is 2.26. The van der Waals surface area contributed by atoms with Crippen LogP contribution in [-0.2, 0) is 9.59 Å². The second-order valence-corrected chi connectivity index (χ2v) is 5.67. The maximum absolute atomic E-state index is 11.8. The van der Waals surface area contributed by atoms with Crippen LogP contribution in [0.5, 0.6) is 5.75 Å². The molecule has 1 aromatic rings. The number of carbonyl (C=O) groups is 2. The van der Waals surface area contributed by atoms with Gasteiger partial charge in [0.25, 0.3) is 5.91 Å². The predicted octanol–water partition coefficient (Wildman–Crippen LogP) is 2.40. The number of carboxylic acids is 1. The van der Waals surface area contributed by atoms with Gasteiger partial charge in [-0.1, -0.05) is 17.7 Å². The van der Waals surface area contributed by atoms with E-state index in [2.05, 4.69) is 5.32 Å². The third-order valence-corrected chi connectivity index (χ3v) is 4.13. The summed E-state index contributed by atoms with van der Waals surface area (Å²) in [4.78, 5) is 22.7. The first-order valence-corrected chi connectivity index (χ1v) is 7.25. The second kappa shape index (κ2) is 6.80. The number of rotatable bonds is 5. The number of benzene rings is 1. The lowest BCUT2D eigenvalue weighted by Crippen LogP contribution is -2.36. The third-order valence-electron chi connectivity index (χ3n) is 3.72. The standard InChI is InChI=1S/C15H18ClNO4/c1-9-12(16)3-2-4-13(9)21-8-14(18)17-11-6-5-10(7-11)15(19)20/h2-4,10-11H,5-8H2,1H3,(H,17,18)(H,19,20)/t10-,11+/m0/s1. The molecular weight excluding hydrogens is 294 g/mol. The van der Waals surface area contributed by atoms with E-state index in [-0.39, 0.29) is 24.5 Å². The van der Waals surface area contributed by atoms with Crippen molar-refractivity contribution >= 4 is 23.5 Å². The topological polar surface area (TPSA) is 75.6 Å². The summed E-state index contributed by atoms with van der Waals surface area (Å²) in [6.45, 7) is 1.72. The Hall–Kier alpha value is -1.75. The fraction of sp³-hybridized carbons (Fsp3) is 0.467. The van der Waals surface area contributed by atoms with Crippen molar-refractivity contribution in [1.29, 1.82) is 0 Å². The van der Waals surface area contributed by atoms with Gasteiger partial charge in [-0.15, -0.1) is 0 Å². The maximum atomic E-state index is 11.8. The van der Waals surface area contributed by atoms with Gasteiger partial charge in [-0.2, -0.15) is 0 Å². The molecule has 1 saturated carbocycles. The summed E-state index contributed by atoms with van der Waals surface area (Å²) in [5, 5.41) is 12.3. The van der Waals surface area contributed by atoms with Crippen molar-refractivity contribution in [2.45, 2.75) is 32.2 Å². The van der Waals surface area contributed by atoms with Crippen LogP contribution in [0.2, 0.25) is 5.02 Å². The summed E-state index contributed by atoms with van der Waals surface area (Å²) in [5.74, 6) is -0.818.